The van der Waals surface area contributed by atoms with Gasteiger partial charge in [0.2, 0.25) is 5.75 Å². The molecule has 1 aromatic carbocycles. The lowest BCUT2D eigenvalue weighted by Crippen LogP contribution is -2.50. The van der Waals surface area contributed by atoms with Gasteiger partial charge in [0.1, 0.15) is 18.5 Å². The Morgan fingerprint density at radius 2 is 1.50 bits per heavy atom. The van der Waals surface area contributed by atoms with Crippen LogP contribution < -0.4 is 18.9 Å². The van der Waals surface area contributed by atoms with Crippen molar-refractivity contribution in [1.82, 2.24) is 9.80 Å². The number of β-amino-alcohol motifs (C(OH)–C–C–N with tert-alkyl or cyclic N) is 1. The van der Waals surface area contributed by atoms with Gasteiger partial charge in [0, 0.05) is 51.4 Å². The van der Waals surface area contributed by atoms with E-state index in [0.29, 0.717) is 29.5 Å². The summed E-state index contributed by atoms with van der Waals surface area (Å²) in [6.45, 7) is 6.30. The standard InChI is InChI=1S/C23H38N2O5/c1-27-21-13-20(14-22(28-2)23(21)29-3)30-17-19(26)16-25-11-9-24(10-12-25)15-18-7-5-4-6-8-18/h13-14,18-19,26H,4-12,15-17H2,1-3H3. The Hall–Kier alpha value is -1.70. The summed E-state index contributed by atoms with van der Waals surface area (Å²) in [6, 6.07) is 3.50. The molecule has 3 rings (SSSR count). The monoisotopic (exact) mass is 422 g/mol. The maximum absolute atomic E-state index is 10.5. The summed E-state index contributed by atoms with van der Waals surface area (Å²) in [5, 5.41) is 10.5. The zero-order valence-electron chi connectivity index (χ0n) is 18.8. The molecule has 1 unspecified atom stereocenters. The zero-order valence-corrected chi connectivity index (χ0v) is 18.8. The van der Waals surface area contributed by atoms with E-state index >= 15 is 0 Å². The Morgan fingerprint density at radius 3 is 2.07 bits per heavy atom. The summed E-state index contributed by atoms with van der Waals surface area (Å²) in [7, 11) is 4.72. The quantitative estimate of drug-likeness (QED) is 0.622. The van der Waals surface area contributed by atoms with Gasteiger partial charge in [-0.05, 0) is 18.8 Å². The first-order valence-electron chi connectivity index (χ1n) is 11.2. The van der Waals surface area contributed by atoms with Crippen LogP contribution in [0.25, 0.3) is 0 Å². The van der Waals surface area contributed by atoms with E-state index in [9.17, 15) is 5.11 Å². The number of rotatable bonds is 10. The number of hydrogen-bond donors (Lipinski definition) is 1. The van der Waals surface area contributed by atoms with Gasteiger partial charge in [0.15, 0.2) is 11.5 Å². The molecule has 0 aromatic heterocycles. The van der Waals surface area contributed by atoms with Crippen molar-refractivity contribution in [1.29, 1.82) is 0 Å². The summed E-state index contributed by atoms with van der Waals surface area (Å²) in [6.07, 6.45) is 6.48. The van der Waals surface area contributed by atoms with E-state index in [1.807, 2.05) is 0 Å². The average molecular weight is 423 g/mol. The molecular formula is C23H38N2O5. The minimum absolute atomic E-state index is 0.223. The Labute approximate surface area is 180 Å². The molecule has 1 saturated carbocycles. The van der Waals surface area contributed by atoms with Crippen molar-refractivity contribution in [3.63, 3.8) is 0 Å². The number of piperazine rings is 1. The van der Waals surface area contributed by atoms with E-state index in [1.165, 1.54) is 38.6 Å². The molecule has 1 aliphatic heterocycles. The molecule has 1 saturated heterocycles. The van der Waals surface area contributed by atoms with Gasteiger partial charge in [-0.3, -0.25) is 4.90 Å². The highest BCUT2D eigenvalue weighted by Crippen LogP contribution is 2.40. The smallest absolute Gasteiger partial charge is 0.203 e. The Bertz CT molecular complexity index is 617. The zero-order chi connectivity index (χ0) is 21.3. The molecule has 7 heteroatoms. The molecule has 1 atom stereocenters. The van der Waals surface area contributed by atoms with Crippen LogP contribution >= 0.6 is 0 Å². The lowest BCUT2D eigenvalue weighted by Gasteiger charge is -2.37. The van der Waals surface area contributed by atoms with Gasteiger partial charge < -0.3 is 29.0 Å². The predicted octanol–water partition coefficient (Wildman–Crippen LogP) is 2.65. The van der Waals surface area contributed by atoms with E-state index in [4.69, 9.17) is 18.9 Å². The highest BCUT2D eigenvalue weighted by molar-refractivity contribution is 5.55. The summed E-state index contributed by atoms with van der Waals surface area (Å²) < 4.78 is 21.8. The van der Waals surface area contributed by atoms with Crippen molar-refractivity contribution in [2.24, 2.45) is 5.92 Å². The summed E-state index contributed by atoms with van der Waals surface area (Å²) in [5.74, 6) is 3.08. The van der Waals surface area contributed by atoms with E-state index < -0.39 is 6.10 Å². The summed E-state index contributed by atoms with van der Waals surface area (Å²) in [5.41, 5.74) is 0. The molecule has 2 aliphatic rings. The van der Waals surface area contributed by atoms with E-state index in [2.05, 4.69) is 9.80 Å². The molecule has 170 valence electrons. The number of ether oxygens (including phenoxy) is 4. The van der Waals surface area contributed by atoms with E-state index in [1.54, 1.807) is 33.5 Å². The second-order valence-corrected chi connectivity index (χ2v) is 8.43. The molecular weight excluding hydrogens is 384 g/mol. The third kappa shape index (κ3) is 6.40. The lowest BCUT2D eigenvalue weighted by atomic mass is 9.89. The van der Waals surface area contributed by atoms with Crippen LogP contribution in [0.5, 0.6) is 23.0 Å². The van der Waals surface area contributed by atoms with Crippen LogP contribution in [0.2, 0.25) is 0 Å². The van der Waals surface area contributed by atoms with Crippen molar-refractivity contribution in [3.05, 3.63) is 12.1 Å². The van der Waals surface area contributed by atoms with Crippen LogP contribution in [0.1, 0.15) is 32.1 Å². The van der Waals surface area contributed by atoms with Gasteiger partial charge in [-0.2, -0.15) is 0 Å². The Morgan fingerprint density at radius 1 is 0.900 bits per heavy atom. The fraction of sp³-hybridized carbons (Fsp3) is 0.739. The lowest BCUT2D eigenvalue weighted by molar-refractivity contribution is 0.0415. The van der Waals surface area contributed by atoms with Gasteiger partial charge in [-0.1, -0.05) is 19.3 Å². The summed E-state index contributed by atoms with van der Waals surface area (Å²) in [4.78, 5) is 4.94. The minimum atomic E-state index is -0.547. The van der Waals surface area contributed by atoms with Gasteiger partial charge in [-0.15, -0.1) is 0 Å². The van der Waals surface area contributed by atoms with Crippen LogP contribution in [-0.4, -0.2) is 88.2 Å². The molecule has 1 N–H and O–H groups in total. The minimum Gasteiger partial charge on any atom is -0.493 e. The number of aliphatic hydroxyl groups is 1. The molecule has 7 nitrogen and oxygen atoms in total. The van der Waals surface area contributed by atoms with Gasteiger partial charge in [0.05, 0.1) is 21.3 Å². The van der Waals surface area contributed by atoms with E-state index in [-0.39, 0.29) is 6.61 Å². The molecule has 2 fully saturated rings. The number of aliphatic hydroxyl groups excluding tert-OH is 1. The molecule has 0 radical (unpaired) electrons. The van der Waals surface area contributed by atoms with Crippen LogP contribution in [0.3, 0.4) is 0 Å². The third-order valence-electron chi connectivity index (χ3n) is 6.26. The van der Waals surface area contributed by atoms with Crippen LogP contribution in [-0.2, 0) is 0 Å². The van der Waals surface area contributed by atoms with Crippen LogP contribution in [0.4, 0.5) is 0 Å². The van der Waals surface area contributed by atoms with Gasteiger partial charge in [-0.25, -0.2) is 0 Å². The number of methoxy groups -OCH3 is 3. The highest BCUT2D eigenvalue weighted by atomic mass is 16.5. The molecule has 1 aliphatic carbocycles. The molecule has 0 amide bonds. The SMILES string of the molecule is COc1cc(OCC(O)CN2CCN(CC3CCCCC3)CC2)cc(OC)c1OC. The summed E-state index contributed by atoms with van der Waals surface area (Å²) >= 11 is 0. The molecule has 30 heavy (non-hydrogen) atoms. The third-order valence-corrected chi connectivity index (χ3v) is 6.26. The first-order chi connectivity index (χ1) is 14.6. The first kappa shape index (κ1) is 23.0. The van der Waals surface area contributed by atoms with Crippen LogP contribution in [0, 0.1) is 5.92 Å². The number of nitrogens with zero attached hydrogens (tertiary/aromatic N) is 2. The number of benzene rings is 1. The first-order valence-corrected chi connectivity index (χ1v) is 11.2. The highest BCUT2D eigenvalue weighted by Gasteiger charge is 2.23. The topological polar surface area (TPSA) is 63.6 Å². The normalized spacial score (nSPS) is 20.0. The molecule has 1 heterocycles. The Balaban J connectivity index is 1.41. The average Bonchev–Trinajstić information content (AvgIpc) is 2.78. The van der Waals surface area contributed by atoms with Gasteiger partial charge >= 0.3 is 0 Å². The molecule has 1 aromatic rings. The van der Waals surface area contributed by atoms with Crippen molar-refractivity contribution >= 4 is 0 Å². The predicted molar refractivity (Wildman–Crippen MR) is 117 cm³/mol. The fourth-order valence-corrected chi connectivity index (χ4v) is 4.57. The van der Waals surface area contributed by atoms with Crippen LogP contribution in [0.15, 0.2) is 12.1 Å². The fourth-order valence-electron chi connectivity index (χ4n) is 4.57. The second kappa shape index (κ2) is 11.6. The maximum atomic E-state index is 10.5. The number of hydrogen-bond acceptors (Lipinski definition) is 7. The van der Waals surface area contributed by atoms with E-state index in [0.717, 1.165) is 32.1 Å². The maximum Gasteiger partial charge on any atom is 0.203 e. The van der Waals surface area contributed by atoms with Gasteiger partial charge in [0.25, 0.3) is 0 Å². The Kier molecular flexibility index (Phi) is 8.90. The molecule has 0 spiro atoms. The van der Waals surface area contributed by atoms with Crippen molar-refractivity contribution in [2.75, 3.05) is 67.2 Å². The van der Waals surface area contributed by atoms with Crippen molar-refractivity contribution < 1.29 is 24.1 Å². The second-order valence-electron chi connectivity index (χ2n) is 8.43. The van der Waals surface area contributed by atoms with Crippen molar-refractivity contribution in [3.8, 4) is 23.0 Å². The van der Waals surface area contributed by atoms with Crippen molar-refractivity contribution in [2.45, 2.75) is 38.2 Å². The largest absolute Gasteiger partial charge is 0.493 e. The molecule has 0 bridgehead atoms.